The topological polar surface area (TPSA) is 116 Å². The number of nitrogens with zero attached hydrogens (tertiary/aromatic N) is 1. The third kappa shape index (κ3) is 7.17. The summed E-state index contributed by atoms with van der Waals surface area (Å²) < 4.78 is 0. The molecule has 116 valence electrons. The first-order valence-electron chi connectivity index (χ1n) is 6.72. The fourth-order valence-electron chi connectivity index (χ4n) is 1.82. The van der Waals surface area contributed by atoms with E-state index in [1.807, 2.05) is 30.3 Å². The fraction of sp³-hybridized carbons (Fsp3) is 0.429. The Bertz CT molecular complexity index is 445. The Hall–Kier alpha value is -2.28. The molecule has 0 spiro atoms. The van der Waals surface area contributed by atoms with Crippen molar-refractivity contribution in [3.63, 3.8) is 0 Å². The van der Waals surface area contributed by atoms with E-state index < -0.39 is 5.97 Å². The number of hydrogen-bond acceptors (Lipinski definition) is 4. The monoisotopic (exact) mass is 295 g/mol. The van der Waals surface area contributed by atoms with Gasteiger partial charge in [-0.2, -0.15) is 0 Å². The van der Waals surface area contributed by atoms with E-state index in [2.05, 4.69) is 5.32 Å². The zero-order valence-electron chi connectivity index (χ0n) is 11.7. The Morgan fingerprint density at radius 3 is 2.29 bits per heavy atom. The van der Waals surface area contributed by atoms with E-state index in [-0.39, 0.29) is 18.7 Å². The summed E-state index contributed by atoms with van der Waals surface area (Å²) in [6.45, 7) is 1.15. The number of amides is 2. The maximum atomic E-state index is 10.5. The lowest BCUT2D eigenvalue weighted by Gasteiger charge is -2.27. The van der Waals surface area contributed by atoms with Crippen molar-refractivity contribution in [1.82, 2.24) is 4.90 Å². The zero-order chi connectivity index (χ0) is 15.7. The third-order valence-corrected chi connectivity index (χ3v) is 2.99. The van der Waals surface area contributed by atoms with Gasteiger partial charge in [-0.1, -0.05) is 18.2 Å². The number of rotatable bonds is 3. The Kier molecular flexibility index (Phi) is 7.03. The summed E-state index contributed by atoms with van der Waals surface area (Å²) in [7, 11) is 0. The molecule has 0 aromatic heterocycles. The number of aliphatic hydroxyl groups is 1. The smallest absolute Gasteiger partial charge is 0.322 e. The highest BCUT2D eigenvalue weighted by Crippen LogP contribution is 2.08. The van der Waals surface area contributed by atoms with Gasteiger partial charge in [0.2, 0.25) is 0 Å². The van der Waals surface area contributed by atoms with E-state index in [1.54, 1.807) is 4.90 Å². The van der Waals surface area contributed by atoms with Crippen molar-refractivity contribution >= 4 is 17.7 Å². The van der Waals surface area contributed by atoms with Crippen LogP contribution in [-0.2, 0) is 4.79 Å². The molecule has 1 fully saturated rings. The van der Waals surface area contributed by atoms with Gasteiger partial charge < -0.3 is 26.2 Å². The van der Waals surface area contributed by atoms with E-state index in [0.29, 0.717) is 25.9 Å². The molecular formula is C14H21N3O4. The quantitative estimate of drug-likeness (QED) is 0.655. The van der Waals surface area contributed by atoms with Gasteiger partial charge in [0.25, 0.3) is 0 Å². The minimum absolute atomic E-state index is 0.0377. The van der Waals surface area contributed by atoms with Gasteiger partial charge in [-0.3, -0.25) is 4.79 Å². The number of carbonyl (C=O) groups excluding carboxylic acids is 1. The molecule has 0 atom stereocenters. The number of anilines is 1. The van der Waals surface area contributed by atoms with Crippen molar-refractivity contribution in [2.45, 2.75) is 18.9 Å². The van der Waals surface area contributed by atoms with Crippen LogP contribution in [0.2, 0.25) is 0 Å². The number of carboxylic acids is 1. The summed E-state index contributed by atoms with van der Waals surface area (Å²) in [6, 6.07) is 8.85. The van der Waals surface area contributed by atoms with Crippen LogP contribution in [0.4, 0.5) is 10.5 Å². The second kappa shape index (κ2) is 8.80. The average Bonchev–Trinajstić information content (AvgIpc) is 2.47. The van der Waals surface area contributed by atoms with Crippen molar-refractivity contribution < 1.29 is 19.8 Å². The molecule has 5 N–H and O–H groups in total. The van der Waals surface area contributed by atoms with Crippen LogP contribution in [0.5, 0.6) is 0 Å². The second-order valence-electron chi connectivity index (χ2n) is 4.67. The van der Waals surface area contributed by atoms with E-state index in [1.165, 1.54) is 0 Å². The van der Waals surface area contributed by atoms with Crippen LogP contribution in [-0.4, -0.2) is 52.9 Å². The minimum Gasteiger partial charge on any atom is -0.480 e. The van der Waals surface area contributed by atoms with Crippen molar-refractivity contribution in [1.29, 1.82) is 0 Å². The highest BCUT2D eigenvalue weighted by molar-refractivity contribution is 5.72. The summed E-state index contributed by atoms with van der Waals surface area (Å²) in [4.78, 5) is 22.2. The van der Waals surface area contributed by atoms with Crippen LogP contribution >= 0.6 is 0 Å². The number of piperidine rings is 1. The molecule has 0 radical (unpaired) electrons. The molecule has 7 nitrogen and oxygen atoms in total. The summed E-state index contributed by atoms with van der Waals surface area (Å²) in [5.41, 5.74) is 5.85. The molecule has 0 bridgehead atoms. The molecule has 1 aliphatic heterocycles. The number of aliphatic carboxylic acids is 1. The molecule has 21 heavy (non-hydrogen) atoms. The average molecular weight is 295 g/mol. The Balaban J connectivity index is 0.000000211. The van der Waals surface area contributed by atoms with Crippen molar-refractivity contribution in [3.05, 3.63) is 30.3 Å². The maximum absolute atomic E-state index is 10.5. The standard InChI is InChI=1S/C8H9NO2.C6H12N2O2/c10-8(11)6-9-7-4-2-1-3-5-7;7-6(10)8-3-1-5(9)2-4-8/h1-5,9H,6H2,(H,10,11);5,9H,1-4H2,(H2,7,10). The van der Waals surface area contributed by atoms with Crippen LogP contribution in [0, 0.1) is 0 Å². The lowest BCUT2D eigenvalue weighted by atomic mass is 10.1. The van der Waals surface area contributed by atoms with Crippen LogP contribution in [0.25, 0.3) is 0 Å². The fourth-order valence-corrected chi connectivity index (χ4v) is 1.82. The van der Waals surface area contributed by atoms with Crippen molar-refractivity contribution in [2.75, 3.05) is 25.0 Å². The van der Waals surface area contributed by atoms with Crippen LogP contribution < -0.4 is 11.1 Å². The molecular weight excluding hydrogens is 274 g/mol. The van der Waals surface area contributed by atoms with E-state index >= 15 is 0 Å². The molecule has 2 amide bonds. The Morgan fingerprint density at radius 2 is 1.81 bits per heavy atom. The number of hydrogen-bond donors (Lipinski definition) is 4. The van der Waals surface area contributed by atoms with Gasteiger partial charge in [-0.15, -0.1) is 0 Å². The van der Waals surface area contributed by atoms with Gasteiger partial charge in [0.1, 0.15) is 6.54 Å². The summed E-state index contributed by atoms with van der Waals surface area (Å²) in [6.07, 6.45) is 1.07. The second-order valence-corrected chi connectivity index (χ2v) is 4.67. The Labute approximate surface area is 123 Å². The van der Waals surface area contributed by atoms with Gasteiger partial charge in [0, 0.05) is 18.8 Å². The van der Waals surface area contributed by atoms with Crippen LogP contribution in [0.1, 0.15) is 12.8 Å². The van der Waals surface area contributed by atoms with Crippen molar-refractivity contribution in [2.24, 2.45) is 5.73 Å². The van der Waals surface area contributed by atoms with Crippen LogP contribution in [0.15, 0.2) is 30.3 Å². The first-order chi connectivity index (χ1) is 9.99. The summed E-state index contributed by atoms with van der Waals surface area (Å²) in [5.74, 6) is -0.853. The number of primary amides is 1. The third-order valence-electron chi connectivity index (χ3n) is 2.99. The van der Waals surface area contributed by atoms with E-state index in [0.717, 1.165) is 5.69 Å². The van der Waals surface area contributed by atoms with Gasteiger partial charge >= 0.3 is 12.0 Å². The lowest BCUT2D eigenvalue weighted by molar-refractivity contribution is -0.134. The van der Waals surface area contributed by atoms with Gasteiger partial charge in [0.15, 0.2) is 0 Å². The number of carbonyl (C=O) groups is 2. The Morgan fingerprint density at radius 1 is 1.24 bits per heavy atom. The molecule has 0 unspecified atom stereocenters. The minimum atomic E-state index is -0.853. The predicted molar refractivity (Wildman–Crippen MR) is 79.0 cm³/mol. The lowest BCUT2D eigenvalue weighted by Crippen LogP contribution is -2.42. The SMILES string of the molecule is NC(=O)N1CCC(O)CC1.O=C(O)CNc1ccccc1. The molecule has 0 saturated carbocycles. The molecule has 1 saturated heterocycles. The molecule has 7 heteroatoms. The highest BCUT2D eigenvalue weighted by Gasteiger charge is 2.18. The predicted octanol–water partition coefficient (Wildman–Crippen LogP) is 0.705. The van der Waals surface area contributed by atoms with Crippen molar-refractivity contribution in [3.8, 4) is 0 Å². The molecule has 1 aliphatic rings. The first kappa shape index (κ1) is 16.8. The number of urea groups is 1. The number of aliphatic hydroxyl groups excluding tert-OH is 1. The zero-order valence-corrected chi connectivity index (χ0v) is 11.7. The molecule has 1 aromatic carbocycles. The number of para-hydroxylation sites is 1. The van der Waals surface area contributed by atoms with E-state index in [9.17, 15) is 9.59 Å². The number of nitrogens with one attached hydrogen (secondary N) is 1. The number of benzene rings is 1. The number of likely N-dealkylation sites (tertiary alicyclic amines) is 1. The van der Waals surface area contributed by atoms with Gasteiger partial charge in [-0.05, 0) is 25.0 Å². The number of carboxylic acid groups (broad SMARTS) is 1. The molecule has 1 aromatic rings. The number of nitrogens with two attached hydrogens (primary N) is 1. The summed E-state index contributed by atoms with van der Waals surface area (Å²) >= 11 is 0. The maximum Gasteiger partial charge on any atom is 0.322 e. The molecule has 1 heterocycles. The van der Waals surface area contributed by atoms with Gasteiger partial charge in [-0.25, -0.2) is 4.79 Å². The normalized spacial score (nSPS) is 14.8. The molecule has 0 aliphatic carbocycles. The van der Waals surface area contributed by atoms with Gasteiger partial charge in [0.05, 0.1) is 6.10 Å². The van der Waals surface area contributed by atoms with E-state index in [4.69, 9.17) is 15.9 Å². The van der Waals surface area contributed by atoms with Crippen LogP contribution in [0.3, 0.4) is 0 Å². The highest BCUT2D eigenvalue weighted by atomic mass is 16.4. The summed E-state index contributed by atoms with van der Waals surface area (Å²) in [5, 5.41) is 20.1. The first-order valence-corrected chi connectivity index (χ1v) is 6.72. The largest absolute Gasteiger partial charge is 0.480 e. The molecule has 2 rings (SSSR count).